The molecule has 94 valence electrons. The molecule has 0 aliphatic heterocycles. The van der Waals surface area contributed by atoms with Gasteiger partial charge in [0.25, 0.3) is 0 Å². The number of nitrogens with zero attached hydrogens (tertiary/aromatic N) is 1. The smallest absolute Gasteiger partial charge is 0.121 e. The second-order valence-corrected chi connectivity index (χ2v) is 4.23. The number of aromatic nitrogens is 1. The summed E-state index contributed by atoms with van der Waals surface area (Å²) in [4.78, 5) is 4.32. The van der Waals surface area contributed by atoms with Crippen LogP contribution in [0.25, 0.3) is 10.9 Å². The summed E-state index contributed by atoms with van der Waals surface area (Å²) in [7, 11) is 0. The molecular weight excluding hydrogens is 224 g/mol. The molecule has 0 saturated carbocycles. The van der Waals surface area contributed by atoms with E-state index in [0.717, 1.165) is 29.7 Å². The van der Waals surface area contributed by atoms with Crippen LogP contribution in [0.4, 0.5) is 0 Å². The average Bonchev–Trinajstić information content (AvgIpc) is 2.39. The van der Waals surface area contributed by atoms with E-state index in [9.17, 15) is 0 Å². The zero-order valence-corrected chi connectivity index (χ0v) is 10.6. The number of ether oxygens (including phenoxy) is 1. The van der Waals surface area contributed by atoms with Gasteiger partial charge in [0, 0.05) is 30.7 Å². The molecule has 2 aromatic rings. The topological polar surface area (TPSA) is 34.1 Å². The monoisotopic (exact) mass is 242 g/mol. The fraction of sp³-hybridized carbons (Fsp3) is 0.267. The lowest BCUT2D eigenvalue weighted by atomic mass is 10.2. The third-order valence-corrected chi connectivity index (χ3v) is 2.64. The minimum atomic E-state index is 0.117. The van der Waals surface area contributed by atoms with E-state index in [-0.39, 0.29) is 6.10 Å². The van der Waals surface area contributed by atoms with Gasteiger partial charge in [-0.25, -0.2) is 0 Å². The molecule has 0 bridgehead atoms. The van der Waals surface area contributed by atoms with Gasteiger partial charge in [-0.15, -0.1) is 6.58 Å². The van der Waals surface area contributed by atoms with Gasteiger partial charge >= 0.3 is 0 Å². The maximum atomic E-state index is 5.83. The van der Waals surface area contributed by atoms with E-state index in [0.29, 0.717) is 0 Å². The zero-order valence-electron chi connectivity index (χ0n) is 10.6. The Kier molecular flexibility index (Phi) is 4.31. The van der Waals surface area contributed by atoms with E-state index in [1.165, 1.54) is 0 Å². The number of hydrogen-bond donors (Lipinski definition) is 1. The van der Waals surface area contributed by atoms with E-state index in [1.807, 2.05) is 43.3 Å². The van der Waals surface area contributed by atoms with Gasteiger partial charge < -0.3 is 10.1 Å². The SMILES string of the molecule is C=CCNCC(C)Oc1ccc2cccnc2c1. The lowest BCUT2D eigenvalue weighted by Crippen LogP contribution is -2.28. The van der Waals surface area contributed by atoms with Gasteiger partial charge in [-0.1, -0.05) is 12.1 Å². The molecule has 0 spiro atoms. The molecule has 1 N–H and O–H groups in total. The largest absolute Gasteiger partial charge is 0.489 e. The normalized spacial score (nSPS) is 12.3. The van der Waals surface area contributed by atoms with Gasteiger partial charge in [-0.05, 0) is 25.1 Å². The fourth-order valence-corrected chi connectivity index (χ4v) is 1.78. The Balaban J connectivity index is 2.00. The summed E-state index contributed by atoms with van der Waals surface area (Å²) in [5, 5.41) is 4.36. The predicted octanol–water partition coefficient (Wildman–Crippen LogP) is 2.78. The van der Waals surface area contributed by atoms with Crippen LogP contribution < -0.4 is 10.1 Å². The Hall–Kier alpha value is -1.87. The molecule has 0 amide bonds. The number of fused-ring (bicyclic) bond motifs is 1. The van der Waals surface area contributed by atoms with E-state index in [2.05, 4.69) is 16.9 Å². The van der Waals surface area contributed by atoms with Crippen molar-refractivity contribution >= 4 is 10.9 Å². The van der Waals surface area contributed by atoms with Crippen molar-refractivity contribution in [3.63, 3.8) is 0 Å². The first-order valence-electron chi connectivity index (χ1n) is 6.12. The molecule has 1 atom stereocenters. The van der Waals surface area contributed by atoms with Crippen molar-refractivity contribution in [3.05, 3.63) is 49.2 Å². The number of nitrogens with one attached hydrogen (secondary N) is 1. The van der Waals surface area contributed by atoms with Crippen molar-refractivity contribution in [2.24, 2.45) is 0 Å². The van der Waals surface area contributed by atoms with Crippen LogP contribution in [0.2, 0.25) is 0 Å². The number of rotatable bonds is 6. The fourth-order valence-electron chi connectivity index (χ4n) is 1.78. The summed E-state index contributed by atoms with van der Waals surface area (Å²) in [6.45, 7) is 7.30. The van der Waals surface area contributed by atoms with E-state index < -0.39 is 0 Å². The van der Waals surface area contributed by atoms with Crippen molar-refractivity contribution in [3.8, 4) is 5.75 Å². The van der Waals surface area contributed by atoms with Crippen molar-refractivity contribution < 1.29 is 4.74 Å². The minimum Gasteiger partial charge on any atom is -0.489 e. The summed E-state index contributed by atoms with van der Waals surface area (Å²) in [5.74, 6) is 0.856. The molecule has 3 heteroatoms. The van der Waals surface area contributed by atoms with E-state index in [1.54, 1.807) is 6.20 Å². The molecule has 1 aromatic carbocycles. The highest BCUT2D eigenvalue weighted by Crippen LogP contribution is 2.19. The Labute approximate surface area is 107 Å². The maximum absolute atomic E-state index is 5.83. The molecule has 0 fully saturated rings. The van der Waals surface area contributed by atoms with Crippen LogP contribution in [0.3, 0.4) is 0 Å². The van der Waals surface area contributed by atoms with Gasteiger partial charge in [-0.3, -0.25) is 4.98 Å². The van der Waals surface area contributed by atoms with Crippen LogP contribution in [0.15, 0.2) is 49.2 Å². The van der Waals surface area contributed by atoms with Crippen molar-refractivity contribution in [2.45, 2.75) is 13.0 Å². The summed E-state index contributed by atoms with van der Waals surface area (Å²) >= 11 is 0. The van der Waals surface area contributed by atoms with Crippen LogP contribution >= 0.6 is 0 Å². The van der Waals surface area contributed by atoms with Crippen molar-refractivity contribution in [2.75, 3.05) is 13.1 Å². The predicted molar refractivity (Wildman–Crippen MR) is 74.9 cm³/mol. The summed E-state index contributed by atoms with van der Waals surface area (Å²) in [6.07, 6.45) is 3.75. The Morgan fingerprint density at radius 1 is 1.44 bits per heavy atom. The van der Waals surface area contributed by atoms with Gasteiger partial charge in [0.15, 0.2) is 0 Å². The van der Waals surface area contributed by atoms with Crippen LogP contribution in [-0.4, -0.2) is 24.2 Å². The number of pyridine rings is 1. The lowest BCUT2D eigenvalue weighted by Gasteiger charge is -2.15. The highest BCUT2D eigenvalue weighted by Gasteiger charge is 2.04. The molecule has 0 aliphatic rings. The van der Waals surface area contributed by atoms with Crippen molar-refractivity contribution in [1.82, 2.24) is 10.3 Å². The molecule has 0 aliphatic carbocycles. The molecule has 18 heavy (non-hydrogen) atoms. The number of benzene rings is 1. The average molecular weight is 242 g/mol. The minimum absolute atomic E-state index is 0.117. The summed E-state index contributed by atoms with van der Waals surface area (Å²) in [6, 6.07) is 9.96. The van der Waals surface area contributed by atoms with Crippen LogP contribution in [0.5, 0.6) is 5.75 Å². The first-order valence-corrected chi connectivity index (χ1v) is 6.12. The Morgan fingerprint density at radius 2 is 2.33 bits per heavy atom. The van der Waals surface area contributed by atoms with Gasteiger partial charge in [0.05, 0.1) is 5.52 Å². The van der Waals surface area contributed by atoms with Gasteiger partial charge in [0.2, 0.25) is 0 Å². The van der Waals surface area contributed by atoms with E-state index in [4.69, 9.17) is 4.74 Å². The lowest BCUT2D eigenvalue weighted by molar-refractivity contribution is 0.219. The Bertz CT molecular complexity index is 525. The molecule has 0 radical (unpaired) electrons. The van der Waals surface area contributed by atoms with E-state index >= 15 is 0 Å². The maximum Gasteiger partial charge on any atom is 0.121 e. The summed E-state index contributed by atoms with van der Waals surface area (Å²) in [5.41, 5.74) is 0.959. The number of hydrogen-bond acceptors (Lipinski definition) is 3. The molecular formula is C15H18N2O. The molecule has 0 saturated heterocycles. The first-order chi connectivity index (χ1) is 8.79. The second-order valence-electron chi connectivity index (χ2n) is 4.23. The van der Waals surface area contributed by atoms with Gasteiger partial charge in [0.1, 0.15) is 11.9 Å². The molecule has 3 nitrogen and oxygen atoms in total. The molecule has 2 rings (SSSR count). The van der Waals surface area contributed by atoms with Crippen LogP contribution in [0, 0.1) is 0 Å². The summed E-state index contributed by atoms with van der Waals surface area (Å²) < 4.78 is 5.83. The highest BCUT2D eigenvalue weighted by molar-refractivity contribution is 5.79. The zero-order chi connectivity index (χ0) is 12.8. The standard InChI is InChI=1S/C15H18N2O/c1-3-8-16-11-12(2)18-14-7-6-13-5-4-9-17-15(13)10-14/h3-7,9-10,12,16H,1,8,11H2,2H3. The third kappa shape index (κ3) is 3.31. The molecule has 1 unspecified atom stereocenters. The van der Waals surface area contributed by atoms with Crippen LogP contribution in [0.1, 0.15) is 6.92 Å². The first kappa shape index (κ1) is 12.6. The second kappa shape index (κ2) is 6.17. The Morgan fingerprint density at radius 3 is 3.17 bits per heavy atom. The third-order valence-electron chi connectivity index (χ3n) is 2.64. The molecule has 1 heterocycles. The van der Waals surface area contributed by atoms with Crippen molar-refractivity contribution in [1.29, 1.82) is 0 Å². The highest BCUT2D eigenvalue weighted by atomic mass is 16.5. The quantitative estimate of drug-likeness (QED) is 0.624. The molecule has 1 aromatic heterocycles. The van der Waals surface area contributed by atoms with Gasteiger partial charge in [-0.2, -0.15) is 0 Å². The van der Waals surface area contributed by atoms with Crippen LogP contribution in [-0.2, 0) is 0 Å².